The van der Waals surface area contributed by atoms with Crippen LogP contribution in [0.2, 0.25) is 0 Å². The fraction of sp³-hybridized carbons (Fsp3) is 0.316. The van der Waals surface area contributed by atoms with Gasteiger partial charge in [0.05, 0.1) is 12.1 Å². The van der Waals surface area contributed by atoms with Crippen molar-refractivity contribution < 1.29 is 14.3 Å². The van der Waals surface area contributed by atoms with Gasteiger partial charge in [-0.3, -0.25) is 4.79 Å². The van der Waals surface area contributed by atoms with Gasteiger partial charge in [0.15, 0.2) is 0 Å². The number of benzene rings is 2. The molecule has 0 spiro atoms. The van der Waals surface area contributed by atoms with Crippen molar-refractivity contribution in [1.82, 2.24) is 5.32 Å². The molecule has 0 bridgehead atoms. The molecule has 4 heteroatoms. The van der Waals surface area contributed by atoms with Crippen LogP contribution < -0.4 is 5.32 Å². The van der Waals surface area contributed by atoms with Crippen molar-refractivity contribution in [3.63, 3.8) is 0 Å². The molecular formula is C19H20FNO2. The molecule has 2 aromatic carbocycles. The number of aryl methyl sites for hydroxylation is 2. The van der Waals surface area contributed by atoms with Crippen LogP contribution in [0.4, 0.5) is 4.39 Å². The number of amides is 1. The van der Waals surface area contributed by atoms with Crippen LogP contribution in [0.25, 0.3) is 0 Å². The number of hydrogen-bond acceptors (Lipinski definition) is 2. The van der Waals surface area contributed by atoms with Crippen molar-refractivity contribution >= 4 is 5.91 Å². The molecule has 1 aliphatic carbocycles. The highest BCUT2D eigenvalue weighted by Crippen LogP contribution is 2.23. The van der Waals surface area contributed by atoms with E-state index in [9.17, 15) is 14.3 Å². The normalized spacial score (nSPS) is 15.8. The van der Waals surface area contributed by atoms with Gasteiger partial charge in [0, 0.05) is 5.56 Å². The fourth-order valence-corrected chi connectivity index (χ4v) is 3.03. The van der Waals surface area contributed by atoms with Gasteiger partial charge < -0.3 is 10.4 Å². The second kappa shape index (κ2) is 6.50. The van der Waals surface area contributed by atoms with Gasteiger partial charge in [-0.25, -0.2) is 4.39 Å². The molecule has 120 valence electrons. The Kier molecular flexibility index (Phi) is 4.44. The lowest BCUT2D eigenvalue weighted by molar-refractivity contribution is 0.0852. The molecule has 0 aliphatic heterocycles. The van der Waals surface area contributed by atoms with Gasteiger partial charge in [0.2, 0.25) is 0 Å². The Labute approximate surface area is 135 Å². The Bertz CT molecular complexity index is 712. The van der Waals surface area contributed by atoms with Gasteiger partial charge in [-0.05, 0) is 67.1 Å². The van der Waals surface area contributed by atoms with Crippen LogP contribution in [0, 0.1) is 5.82 Å². The third-order valence-corrected chi connectivity index (χ3v) is 4.40. The summed E-state index contributed by atoms with van der Waals surface area (Å²) in [7, 11) is 0. The lowest BCUT2D eigenvalue weighted by Crippen LogP contribution is -2.37. The number of carbonyl (C=O) groups excluding carboxylic acids is 1. The highest BCUT2D eigenvalue weighted by atomic mass is 19.1. The summed E-state index contributed by atoms with van der Waals surface area (Å²) < 4.78 is 12.9. The van der Waals surface area contributed by atoms with E-state index in [1.165, 1.54) is 35.4 Å². The molecule has 0 aromatic heterocycles. The Morgan fingerprint density at radius 2 is 1.83 bits per heavy atom. The first-order valence-electron chi connectivity index (χ1n) is 7.91. The summed E-state index contributed by atoms with van der Waals surface area (Å²) in [5, 5.41) is 13.1. The Hall–Kier alpha value is -2.20. The molecule has 2 aromatic rings. The van der Waals surface area contributed by atoms with E-state index in [-0.39, 0.29) is 11.7 Å². The first-order valence-corrected chi connectivity index (χ1v) is 7.91. The largest absolute Gasteiger partial charge is 0.386 e. The molecule has 0 radical (unpaired) electrons. The van der Waals surface area contributed by atoms with Crippen molar-refractivity contribution in [2.24, 2.45) is 0 Å². The van der Waals surface area contributed by atoms with Crippen LogP contribution in [0.15, 0.2) is 42.5 Å². The van der Waals surface area contributed by atoms with E-state index in [4.69, 9.17) is 0 Å². The zero-order valence-electron chi connectivity index (χ0n) is 13.1. The average Bonchev–Trinajstić information content (AvgIpc) is 3.02. The minimum absolute atomic E-state index is 0.201. The average molecular weight is 313 g/mol. The molecule has 1 amide bonds. The number of rotatable bonds is 4. The van der Waals surface area contributed by atoms with Gasteiger partial charge >= 0.3 is 0 Å². The molecule has 2 atom stereocenters. The zero-order chi connectivity index (χ0) is 16.4. The Balaban J connectivity index is 1.68. The second-order valence-corrected chi connectivity index (χ2v) is 6.10. The van der Waals surface area contributed by atoms with E-state index < -0.39 is 12.1 Å². The third kappa shape index (κ3) is 3.42. The second-order valence-electron chi connectivity index (χ2n) is 6.10. The first kappa shape index (κ1) is 15.7. The lowest BCUT2D eigenvalue weighted by Gasteiger charge is -2.21. The quantitative estimate of drug-likeness (QED) is 0.911. The molecule has 3 rings (SSSR count). The number of aliphatic hydroxyl groups excluding tert-OH is 1. The molecule has 0 fully saturated rings. The molecule has 0 saturated carbocycles. The monoisotopic (exact) mass is 313 g/mol. The Morgan fingerprint density at radius 3 is 2.57 bits per heavy atom. The predicted molar refractivity (Wildman–Crippen MR) is 86.8 cm³/mol. The summed E-state index contributed by atoms with van der Waals surface area (Å²) in [4.78, 5) is 12.4. The molecule has 1 aliphatic rings. The number of nitrogens with one attached hydrogen (secondary N) is 1. The van der Waals surface area contributed by atoms with E-state index in [0.717, 1.165) is 19.3 Å². The summed E-state index contributed by atoms with van der Waals surface area (Å²) in [6, 6.07) is 11.0. The molecule has 23 heavy (non-hydrogen) atoms. The summed E-state index contributed by atoms with van der Waals surface area (Å²) in [6.45, 7) is 1.74. The molecular weight excluding hydrogens is 293 g/mol. The van der Waals surface area contributed by atoms with Gasteiger partial charge in [-0.15, -0.1) is 0 Å². The minimum atomic E-state index is -0.881. The van der Waals surface area contributed by atoms with Crippen molar-refractivity contribution in [1.29, 1.82) is 0 Å². The maximum atomic E-state index is 12.9. The van der Waals surface area contributed by atoms with Crippen LogP contribution in [0.3, 0.4) is 0 Å². The predicted octanol–water partition coefficient (Wildman–Crippen LogP) is 3.17. The van der Waals surface area contributed by atoms with E-state index in [1.54, 1.807) is 6.92 Å². The van der Waals surface area contributed by atoms with Crippen LogP contribution >= 0.6 is 0 Å². The van der Waals surface area contributed by atoms with Crippen molar-refractivity contribution in [2.75, 3.05) is 0 Å². The van der Waals surface area contributed by atoms with Gasteiger partial charge in [-0.2, -0.15) is 0 Å². The van der Waals surface area contributed by atoms with Crippen molar-refractivity contribution in [2.45, 2.75) is 38.3 Å². The highest BCUT2D eigenvalue weighted by Gasteiger charge is 2.20. The number of carbonyl (C=O) groups is 1. The summed E-state index contributed by atoms with van der Waals surface area (Å²) >= 11 is 0. The molecule has 2 N–H and O–H groups in total. The van der Waals surface area contributed by atoms with Crippen molar-refractivity contribution in [3.8, 4) is 0 Å². The van der Waals surface area contributed by atoms with Gasteiger partial charge in [0.1, 0.15) is 5.82 Å². The van der Waals surface area contributed by atoms with Gasteiger partial charge in [-0.1, -0.05) is 18.2 Å². The number of fused-ring (bicyclic) bond motifs is 1. The maximum absolute atomic E-state index is 12.9. The van der Waals surface area contributed by atoms with Crippen LogP contribution in [0.1, 0.15) is 46.5 Å². The van der Waals surface area contributed by atoms with E-state index in [2.05, 4.69) is 5.32 Å². The third-order valence-electron chi connectivity index (χ3n) is 4.40. The fourth-order valence-electron chi connectivity index (χ4n) is 3.03. The molecule has 3 nitrogen and oxygen atoms in total. The number of aliphatic hydroxyl groups is 1. The minimum Gasteiger partial charge on any atom is -0.386 e. The molecule has 2 unspecified atom stereocenters. The first-order chi connectivity index (χ1) is 11.0. The molecule has 0 saturated heterocycles. The van der Waals surface area contributed by atoms with Crippen LogP contribution in [-0.2, 0) is 12.8 Å². The van der Waals surface area contributed by atoms with E-state index in [1.807, 2.05) is 18.2 Å². The maximum Gasteiger partial charge on any atom is 0.251 e. The van der Waals surface area contributed by atoms with Crippen LogP contribution in [0.5, 0.6) is 0 Å². The standard InChI is InChI=1S/C19H20FNO2/c1-12(18(22)14-7-9-17(20)10-8-14)21-19(23)16-6-5-13-3-2-4-15(13)11-16/h5-12,18,22H,2-4H2,1H3,(H,21,23). The lowest BCUT2D eigenvalue weighted by atomic mass is 10.0. The number of halogens is 1. The van der Waals surface area contributed by atoms with Crippen molar-refractivity contribution in [3.05, 3.63) is 70.5 Å². The zero-order valence-corrected chi connectivity index (χ0v) is 13.1. The SMILES string of the molecule is CC(NC(=O)c1ccc2c(c1)CCC2)C(O)c1ccc(F)cc1. The smallest absolute Gasteiger partial charge is 0.251 e. The highest BCUT2D eigenvalue weighted by molar-refractivity contribution is 5.94. The van der Waals surface area contributed by atoms with Gasteiger partial charge in [0.25, 0.3) is 5.91 Å². The topological polar surface area (TPSA) is 49.3 Å². The number of hydrogen-bond donors (Lipinski definition) is 2. The van der Waals surface area contributed by atoms with E-state index in [0.29, 0.717) is 11.1 Å². The summed E-state index contributed by atoms with van der Waals surface area (Å²) in [5.41, 5.74) is 3.75. The molecule has 0 heterocycles. The summed E-state index contributed by atoms with van der Waals surface area (Å²) in [6.07, 6.45) is 2.36. The van der Waals surface area contributed by atoms with Crippen LogP contribution in [-0.4, -0.2) is 17.1 Å². The summed E-state index contributed by atoms with van der Waals surface area (Å²) in [5.74, 6) is -0.552. The van der Waals surface area contributed by atoms with E-state index >= 15 is 0 Å². The Morgan fingerprint density at radius 1 is 1.13 bits per heavy atom.